The summed E-state index contributed by atoms with van der Waals surface area (Å²) >= 11 is 0. The number of aliphatic hydroxyl groups excluding tert-OH is 1. The van der Waals surface area contributed by atoms with Gasteiger partial charge in [-0.25, -0.2) is 0 Å². The highest BCUT2D eigenvalue weighted by Gasteiger charge is 2.57. The summed E-state index contributed by atoms with van der Waals surface area (Å²) in [5.74, 6) is 3.01. The Labute approximate surface area is 132 Å². The molecule has 2 aliphatic rings. The van der Waals surface area contributed by atoms with Crippen LogP contribution >= 0.6 is 0 Å². The summed E-state index contributed by atoms with van der Waals surface area (Å²) in [7, 11) is 0. The van der Waals surface area contributed by atoms with Gasteiger partial charge in [-0.2, -0.15) is 0 Å². The van der Waals surface area contributed by atoms with Crippen LogP contribution in [0.1, 0.15) is 86.5 Å². The molecule has 6 atom stereocenters. The first-order valence-corrected chi connectivity index (χ1v) is 9.41. The molecule has 0 aromatic heterocycles. The monoisotopic (exact) mass is 294 g/mol. The van der Waals surface area contributed by atoms with E-state index >= 15 is 0 Å². The molecule has 2 fully saturated rings. The summed E-state index contributed by atoms with van der Waals surface area (Å²) in [5.41, 5.74) is 0.551. The van der Waals surface area contributed by atoms with E-state index in [0.29, 0.717) is 17.3 Å². The SMILES string of the molecule is CC[C@@H](C)CC[C@H]1[C@@H](C)CC[C@H]2C(C)(C)CCC(O)[C@]12C. The Hall–Kier alpha value is -0.0400. The minimum absolute atomic E-state index is 0.0831. The maximum absolute atomic E-state index is 10.9. The molecule has 0 spiro atoms. The number of fused-ring (bicyclic) bond motifs is 1. The molecule has 124 valence electrons. The molecule has 0 aromatic rings. The van der Waals surface area contributed by atoms with Crippen molar-refractivity contribution in [1.29, 1.82) is 0 Å². The molecular weight excluding hydrogens is 256 g/mol. The predicted molar refractivity (Wildman–Crippen MR) is 91.2 cm³/mol. The largest absolute Gasteiger partial charge is 0.393 e. The molecule has 0 heterocycles. The van der Waals surface area contributed by atoms with Crippen LogP contribution in [0.15, 0.2) is 0 Å². The zero-order valence-corrected chi connectivity index (χ0v) is 15.3. The molecule has 2 saturated carbocycles. The van der Waals surface area contributed by atoms with Gasteiger partial charge in [0.1, 0.15) is 0 Å². The van der Waals surface area contributed by atoms with Gasteiger partial charge in [-0.3, -0.25) is 0 Å². The Bertz CT molecular complexity index is 348. The summed E-state index contributed by atoms with van der Waals surface area (Å²) in [6.45, 7) is 14.5. The molecule has 2 aliphatic carbocycles. The van der Waals surface area contributed by atoms with E-state index in [1.807, 2.05) is 0 Å². The van der Waals surface area contributed by atoms with Crippen LogP contribution in [0.5, 0.6) is 0 Å². The van der Waals surface area contributed by atoms with Gasteiger partial charge in [0.2, 0.25) is 0 Å². The fraction of sp³-hybridized carbons (Fsp3) is 1.00. The van der Waals surface area contributed by atoms with Gasteiger partial charge in [0, 0.05) is 0 Å². The van der Waals surface area contributed by atoms with E-state index < -0.39 is 0 Å². The lowest BCUT2D eigenvalue weighted by Crippen LogP contribution is -2.57. The second-order valence-electron chi connectivity index (χ2n) is 9.21. The smallest absolute Gasteiger partial charge is 0.0599 e. The Kier molecular flexibility index (Phi) is 5.13. The third-order valence-corrected chi connectivity index (χ3v) is 7.54. The molecule has 1 N–H and O–H groups in total. The standard InChI is InChI=1S/C20H38O/c1-7-14(2)8-10-16-15(3)9-11-17-19(4,5)13-12-18(21)20(16,17)6/h14-18,21H,7-13H2,1-6H3/t14-,15+,16+,17+,18?,20-/m1/s1. The van der Waals surface area contributed by atoms with Gasteiger partial charge < -0.3 is 5.11 Å². The van der Waals surface area contributed by atoms with Gasteiger partial charge in [0.25, 0.3) is 0 Å². The third-order valence-electron chi connectivity index (χ3n) is 7.54. The Morgan fingerprint density at radius 2 is 1.81 bits per heavy atom. The van der Waals surface area contributed by atoms with E-state index in [1.54, 1.807) is 0 Å². The molecule has 0 saturated heterocycles. The van der Waals surface area contributed by atoms with E-state index in [4.69, 9.17) is 0 Å². The fourth-order valence-corrected chi connectivity index (χ4v) is 5.78. The summed E-state index contributed by atoms with van der Waals surface area (Å²) in [6, 6.07) is 0. The Morgan fingerprint density at radius 1 is 1.14 bits per heavy atom. The van der Waals surface area contributed by atoms with Crippen molar-refractivity contribution in [2.75, 3.05) is 0 Å². The van der Waals surface area contributed by atoms with Crippen molar-refractivity contribution < 1.29 is 5.11 Å². The maximum atomic E-state index is 10.9. The van der Waals surface area contributed by atoms with Crippen LogP contribution in [0.3, 0.4) is 0 Å². The predicted octanol–water partition coefficient (Wildman–Crippen LogP) is 5.66. The van der Waals surface area contributed by atoms with Crippen LogP contribution < -0.4 is 0 Å². The average molecular weight is 295 g/mol. The van der Waals surface area contributed by atoms with Crippen molar-refractivity contribution in [3.05, 3.63) is 0 Å². The first kappa shape index (κ1) is 17.3. The maximum Gasteiger partial charge on any atom is 0.0599 e. The van der Waals surface area contributed by atoms with Crippen LogP contribution in [0.25, 0.3) is 0 Å². The Morgan fingerprint density at radius 3 is 2.43 bits per heavy atom. The number of hydrogen-bond acceptors (Lipinski definition) is 1. The quantitative estimate of drug-likeness (QED) is 0.709. The topological polar surface area (TPSA) is 20.2 Å². The minimum Gasteiger partial charge on any atom is -0.393 e. The first-order chi connectivity index (χ1) is 9.73. The minimum atomic E-state index is -0.0831. The Balaban J connectivity index is 2.24. The highest BCUT2D eigenvalue weighted by atomic mass is 16.3. The zero-order valence-electron chi connectivity index (χ0n) is 15.3. The molecule has 0 amide bonds. The van der Waals surface area contributed by atoms with E-state index in [9.17, 15) is 5.11 Å². The molecule has 0 bridgehead atoms. The molecule has 0 aromatic carbocycles. The van der Waals surface area contributed by atoms with Gasteiger partial charge in [-0.05, 0) is 60.2 Å². The zero-order chi connectivity index (χ0) is 15.8. The van der Waals surface area contributed by atoms with Crippen LogP contribution in [0, 0.1) is 34.5 Å². The van der Waals surface area contributed by atoms with Crippen LogP contribution in [-0.4, -0.2) is 11.2 Å². The van der Waals surface area contributed by atoms with Gasteiger partial charge in [0.15, 0.2) is 0 Å². The number of rotatable bonds is 4. The van der Waals surface area contributed by atoms with Crippen molar-refractivity contribution in [2.24, 2.45) is 34.5 Å². The first-order valence-electron chi connectivity index (χ1n) is 9.41. The summed E-state index contributed by atoms with van der Waals surface area (Å²) < 4.78 is 0. The van der Waals surface area contributed by atoms with Crippen LogP contribution in [-0.2, 0) is 0 Å². The lowest BCUT2D eigenvalue weighted by molar-refractivity contribution is -0.167. The second-order valence-corrected chi connectivity index (χ2v) is 9.21. The highest BCUT2D eigenvalue weighted by Crippen LogP contribution is 2.62. The molecule has 2 rings (SSSR count). The summed E-state index contributed by atoms with van der Waals surface area (Å²) in [6.07, 6.45) is 8.74. The van der Waals surface area contributed by atoms with Crippen molar-refractivity contribution in [1.82, 2.24) is 0 Å². The highest BCUT2D eigenvalue weighted by molar-refractivity contribution is 5.06. The van der Waals surface area contributed by atoms with Crippen molar-refractivity contribution >= 4 is 0 Å². The summed E-state index contributed by atoms with van der Waals surface area (Å²) in [4.78, 5) is 0. The van der Waals surface area contributed by atoms with Gasteiger partial charge in [-0.15, -0.1) is 0 Å². The summed E-state index contributed by atoms with van der Waals surface area (Å²) in [5, 5.41) is 10.9. The van der Waals surface area contributed by atoms with Gasteiger partial charge in [0.05, 0.1) is 6.10 Å². The molecule has 1 heteroatoms. The van der Waals surface area contributed by atoms with Crippen LogP contribution in [0.4, 0.5) is 0 Å². The van der Waals surface area contributed by atoms with E-state index in [2.05, 4.69) is 41.5 Å². The molecule has 1 unspecified atom stereocenters. The fourth-order valence-electron chi connectivity index (χ4n) is 5.78. The lowest BCUT2D eigenvalue weighted by atomic mass is 9.45. The molecule has 1 nitrogen and oxygen atoms in total. The lowest BCUT2D eigenvalue weighted by Gasteiger charge is -2.61. The normalized spacial score (nSPS) is 44.1. The van der Waals surface area contributed by atoms with Crippen molar-refractivity contribution in [3.8, 4) is 0 Å². The van der Waals surface area contributed by atoms with E-state index in [-0.39, 0.29) is 11.5 Å². The molecule has 0 aliphatic heterocycles. The van der Waals surface area contributed by atoms with Gasteiger partial charge in [-0.1, -0.05) is 60.8 Å². The number of hydrogen-bond donors (Lipinski definition) is 1. The van der Waals surface area contributed by atoms with Crippen molar-refractivity contribution in [3.63, 3.8) is 0 Å². The average Bonchev–Trinajstić information content (AvgIpc) is 2.42. The second kappa shape index (κ2) is 6.22. The number of aliphatic hydroxyl groups is 1. The van der Waals surface area contributed by atoms with Gasteiger partial charge >= 0.3 is 0 Å². The molecular formula is C20H38O. The third kappa shape index (κ3) is 3.05. The molecule has 21 heavy (non-hydrogen) atoms. The van der Waals surface area contributed by atoms with E-state index in [1.165, 1.54) is 38.5 Å². The van der Waals surface area contributed by atoms with Crippen molar-refractivity contribution in [2.45, 2.75) is 92.6 Å². The molecule has 0 radical (unpaired) electrons. The van der Waals surface area contributed by atoms with Crippen LogP contribution in [0.2, 0.25) is 0 Å². The van der Waals surface area contributed by atoms with E-state index in [0.717, 1.165) is 18.3 Å².